The van der Waals surface area contributed by atoms with Gasteiger partial charge < -0.3 is 4.74 Å². The van der Waals surface area contributed by atoms with Crippen LogP contribution in [-0.4, -0.2) is 49.8 Å². The van der Waals surface area contributed by atoms with Gasteiger partial charge in [-0.05, 0) is 40.8 Å². The molecule has 0 bridgehead atoms. The fourth-order valence-corrected chi connectivity index (χ4v) is 2.08. The van der Waals surface area contributed by atoms with Crippen molar-refractivity contribution < 1.29 is 4.74 Å². The van der Waals surface area contributed by atoms with Crippen molar-refractivity contribution in [2.24, 2.45) is 0 Å². The summed E-state index contributed by atoms with van der Waals surface area (Å²) in [6, 6.07) is 3.06. The highest BCUT2D eigenvalue weighted by Crippen LogP contribution is 2.16. The van der Waals surface area contributed by atoms with Crippen molar-refractivity contribution in [3.63, 3.8) is 0 Å². The van der Waals surface area contributed by atoms with Crippen LogP contribution in [-0.2, 0) is 4.74 Å². The molecule has 4 heteroatoms. The molecular weight excluding hydrogens is 214 g/mol. The Morgan fingerprint density at radius 1 is 1.41 bits per heavy atom. The van der Waals surface area contributed by atoms with Gasteiger partial charge in [-0.3, -0.25) is 10.2 Å². The number of methoxy groups -OCH3 is 1. The van der Waals surface area contributed by atoms with Gasteiger partial charge in [0.2, 0.25) is 0 Å². The molecule has 0 rings (SSSR count). The summed E-state index contributed by atoms with van der Waals surface area (Å²) < 4.78 is 5.16. The predicted octanol–water partition coefficient (Wildman–Crippen LogP) is 1.62. The number of hydrogen-bond donors (Lipinski definition) is 1. The summed E-state index contributed by atoms with van der Waals surface area (Å²) in [5, 5.41) is 12.5. The van der Waals surface area contributed by atoms with E-state index in [4.69, 9.17) is 4.74 Å². The maximum Gasteiger partial charge on any atom is 0.105 e. The number of likely N-dealkylation sites (N-methyl/N-ethyl adjacent to an activating group) is 1. The van der Waals surface area contributed by atoms with Gasteiger partial charge in [0.05, 0.1) is 12.7 Å². The Kier molecular flexibility index (Phi) is 7.37. The molecule has 0 aromatic rings. The quantitative estimate of drug-likeness (QED) is 0.701. The third-order valence-corrected chi connectivity index (χ3v) is 3.32. The monoisotopic (exact) mass is 241 g/mol. The molecule has 0 aliphatic heterocycles. The van der Waals surface area contributed by atoms with E-state index in [1.165, 1.54) is 0 Å². The number of nitrogens with one attached hydrogen (secondary N) is 1. The number of nitrogens with zero attached hydrogens (tertiary/aromatic N) is 2. The normalized spacial score (nSPS) is 18.5. The van der Waals surface area contributed by atoms with Crippen LogP contribution < -0.4 is 5.32 Å². The third kappa shape index (κ3) is 5.49. The van der Waals surface area contributed by atoms with Gasteiger partial charge in [0.25, 0.3) is 0 Å². The molecule has 0 fully saturated rings. The molecule has 0 aliphatic rings. The standard InChI is InChI=1S/C13H27N3O/c1-7-15-13(4,10-14)8-11(2)16(5)12(3)9-17-6/h11-12,15H,7-9H2,1-6H3. The van der Waals surface area contributed by atoms with Gasteiger partial charge in [0, 0.05) is 19.2 Å². The maximum absolute atomic E-state index is 9.23. The van der Waals surface area contributed by atoms with Gasteiger partial charge in [0.1, 0.15) is 5.54 Å². The van der Waals surface area contributed by atoms with E-state index >= 15 is 0 Å². The molecule has 100 valence electrons. The molecule has 0 aromatic heterocycles. The fourth-order valence-electron chi connectivity index (χ4n) is 2.08. The van der Waals surface area contributed by atoms with E-state index in [1.54, 1.807) is 7.11 Å². The van der Waals surface area contributed by atoms with Crippen molar-refractivity contribution in [2.75, 3.05) is 27.3 Å². The number of nitriles is 1. The molecule has 0 radical (unpaired) electrons. The van der Waals surface area contributed by atoms with Crippen molar-refractivity contribution in [1.29, 1.82) is 5.26 Å². The first-order valence-corrected chi connectivity index (χ1v) is 6.27. The van der Waals surface area contributed by atoms with Gasteiger partial charge >= 0.3 is 0 Å². The molecule has 0 aliphatic carbocycles. The van der Waals surface area contributed by atoms with E-state index in [0.717, 1.165) is 13.0 Å². The lowest BCUT2D eigenvalue weighted by molar-refractivity contribution is 0.0852. The van der Waals surface area contributed by atoms with E-state index in [1.807, 2.05) is 13.8 Å². The van der Waals surface area contributed by atoms with Crippen LogP contribution in [0.3, 0.4) is 0 Å². The summed E-state index contributed by atoms with van der Waals surface area (Å²) in [5.74, 6) is 0. The lowest BCUT2D eigenvalue weighted by Crippen LogP contribution is -2.48. The summed E-state index contributed by atoms with van der Waals surface area (Å²) in [6.07, 6.45) is 0.807. The average molecular weight is 241 g/mol. The number of rotatable bonds is 8. The lowest BCUT2D eigenvalue weighted by Gasteiger charge is -2.34. The minimum atomic E-state index is -0.449. The molecule has 1 N–H and O–H groups in total. The largest absolute Gasteiger partial charge is 0.383 e. The van der Waals surface area contributed by atoms with Crippen LogP contribution in [0.25, 0.3) is 0 Å². The topological polar surface area (TPSA) is 48.3 Å². The maximum atomic E-state index is 9.23. The molecule has 0 saturated carbocycles. The third-order valence-electron chi connectivity index (χ3n) is 3.32. The van der Waals surface area contributed by atoms with Crippen molar-refractivity contribution in [1.82, 2.24) is 10.2 Å². The van der Waals surface area contributed by atoms with Crippen molar-refractivity contribution in [3.05, 3.63) is 0 Å². The van der Waals surface area contributed by atoms with Crippen LogP contribution in [0.2, 0.25) is 0 Å². The van der Waals surface area contributed by atoms with E-state index in [-0.39, 0.29) is 0 Å². The number of hydrogen-bond acceptors (Lipinski definition) is 4. The van der Waals surface area contributed by atoms with Gasteiger partial charge in [-0.1, -0.05) is 6.92 Å². The first-order chi connectivity index (χ1) is 7.90. The average Bonchev–Trinajstić information content (AvgIpc) is 2.28. The summed E-state index contributed by atoms with van der Waals surface area (Å²) >= 11 is 0. The first kappa shape index (κ1) is 16.4. The molecule has 3 unspecified atom stereocenters. The fraction of sp³-hybridized carbons (Fsp3) is 0.923. The van der Waals surface area contributed by atoms with E-state index in [0.29, 0.717) is 18.7 Å². The second-order valence-electron chi connectivity index (χ2n) is 5.00. The predicted molar refractivity (Wildman–Crippen MR) is 70.9 cm³/mol. The van der Waals surface area contributed by atoms with Crippen LogP contribution in [0.1, 0.15) is 34.1 Å². The van der Waals surface area contributed by atoms with Gasteiger partial charge in [0.15, 0.2) is 0 Å². The Morgan fingerprint density at radius 2 is 2.00 bits per heavy atom. The zero-order chi connectivity index (χ0) is 13.5. The smallest absolute Gasteiger partial charge is 0.105 e. The minimum absolute atomic E-state index is 0.337. The Balaban J connectivity index is 4.41. The molecule has 0 saturated heterocycles. The second kappa shape index (κ2) is 7.65. The Morgan fingerprint density at radius 3 is 2.41 bits per heavy atom. The van der Waals surface area contributed by atoms with Crippen LogP contribution >= 0.6 is 0 Å². The SMILES string of the molecule is CCNC(C)(C#N)CC(C)N(C)C(C)COC. The van der Waals surface area contributed by atoms with E-state index in [2.05, 4.69) is 37.2 Å². The zero-order valence-electron chi connectivity index (χ0n) is 12.1. The van der Waals surface area contributed by atoms with Crippen LogP contribution in [0.15, 0.2) is 0 Å². The Hall–Kier alpha value is -0.630. The van der Waals surface area contributed by atoms with Crippen molar-refractivity contribution in [2.45, 2.75) is 51.7 Å². The molecule has 0 amide bonds. The Bertz CT molecular complexity index is 252. The highest BCUT2D eigenvalue weighted by molar-refractivity contribution is 5.05. The van der Waals surface area contributed by atoms with Gasteiger partial charge in [-0.2, -0.15) is 5.26 Å². The molecule has 17 heavy (non-hydrogen) atoms. The Labute approximate surface area is 106 Å². The molecule has 4 nitrogen and oxygen atoms in total. The van der Waals surface area contributed by atoms with Crippen LogP contribution in [0.5, 0.6) is 0 Å². The molecule has 3 atom stereocenters. The second-order valence-corrected chi connectivity index (χ2v) is 5.00. The molecular formula is C13H27N3O. The first-order valence-electron chi connectivity index (χ1n) is 6.27. The van der Waals surface area contributed by atoms with E-state index in [9.17, 15) is 5.26 Å². The minimum Gasteiger partial charge on any atom is -0.383 e. The van der Waals surface area contributed by atoms with Crippen molar-refractivity contribution in [3.8, 4) is 6.07 Å². The summed E-state index contributed by atoms with van der Waals surface area (Å²) in [4.78, 5) is 2.26. The lowest BCUT2D eigenvalue weighted by atomic mass is 9.94. The van der Waals surface area contributed by atoms with Gasteiger partial charge in [-0.15, -0.1) is 0 Å². The highest BCUT2D eigenvalue weighted by atomic mass is 16.5. The number of ether oxygens (including phenoxy) is 1. The molecule has 0 heterocycles. The van der Waals surface area contributed by atoms with Crippen LogP contribution in [0.4, 0.5) is 0 Å². The summed E-state index contributed by atoms with van der Waals surface area (Å²) in [5.41, 5.74) is -0.449. The molecule has 0 aromatic carbocycles. The highest BCUT2D eigenvalue weighted by Gasteiger charge is 2.28. The van der Waals surface area contributed by atoms with E-state index < -0.39 is 5.54 Å². The summed E-state index contributed by atoms with van der Waals surface area (Å²) in [7, 11) is 3.80. The zero-order valence-corrected chi connectivity index (χ0v) is 12.1. The molecule has 0 spiro atoms. The van der Waals surface area contributed by atoms with Crippen molar-refractivity contribution >= 4 is 0 Å². The van der Waals surface area contributed by atoms with Gasteiger partial charge in [-0.25, -0.2) is 0 Å². The van der Waals surface area contributed by atoms with Crippen LogP contribution in [0, 0.1) is 11.3 Å². The summed E-state index contributed by atoms with van der Waals surface area (Å²) in [6.45, 7) is 9.80.